The average molecular weight is 423 g/mol. The van der Waals surface area contributed by atoms with Gasteiger partial charge in [-0.1, -0.05) is 54.1 Å². The van der Waals surface area contributed by atoms with Crippen molar-refractivity contribution in [2.24, 2.45) is 5.10 Å². The van der Waals surface area contributed by atoms with E-state index in [2.05, 4.69) is 10.5 Å². The smallest absolute Gasteiger partial charge is 0.271 e. The second-order valence-corrected chi connectivity index (χ2v) is 6.95. The van der Waals surface area contributed by atoms with Crippen LogP contribution < -0.4 is 14.9 Å². The van der Waals surface area contributed by atoms with Gasteiger partial charge in [0.05, 0.1) is 17.8 Å². The van der Waals surface area contributed by atoms with Gasteiger partial charge in [0.2, 0.25) is 0 Å². The fraction of sp³-hybridized carbons (Fsp3) is 0.167. The molecule has 5 nitrogen and oxygen atoms in total. The molecule has 0 saturated heterocycles. The van der Waals surface area contributed by atoms with E-state index < -0.39 is 0 Å². The number of carbonyl (C=O) groups excluding carboxylic acids is 1. The normalized spacial score (nSPS) is 10.8. The number of hydrogen-bond donors (Lipinski definition) is 1. The summed E-state index contributed by atoms with van der Waals surface area (Å²) in [5.41, 5.74) is 5.93. The highest BCUT2D eigenvalue weighted by atomic mass is 35.5. The lowest BCUT2D eigenvalue weighted by Crippen LogP contribution is -2.17. The van der Waals surface area contributed by atoms with Gasteiger partial charge in [0.1, 0.15) is 6.61 Å². The van der Waals surface area contributed by atoms with Crippen LogP contribution in [0.4, 0.5) is 0 Å². The van der Waals surface area contributed by atoms with Crippen molar-refractivity contribution in [1.29, 1.82) is 0 Å². The zero-order valence-corrected chi connectivity index (χ0v) is 17.6. The Morgan fingerprint density at radius 3 is 2.53 bits per heavy atom. The minimum Gasteiger partial charge on any atom is -0.490 e. The van der Waals surface area contributed by atoms with Crippen molar-refractivity contribution in [1.82, 2.24) is 5.43 Å². The van der Waals surface area contributed by atoms with Gasteiger partial charge in [-0.25, -0.2) is 5.43 Å². The summed E-state index contributed by atoms with van der Waals surface area (Å²) in [5.74, 6) is 0.711. The number of amides is 1. The van der Waals surface area contributed by atoms with Crippen molar-refractivity contribution in [3.05, 3.63) is 94.0 Å². The van der Waals surface area contributed by atoms with Gasteiger partial charge in [0.15, 0.2) is 11.5 Å². The molecule has 1 N–H and O–H groups in total. The summed E-state index contributed by atoms with van der Waals surface area (Å²) in [7, 11) is 0. The first-order valence-electron chi connectivity index (χ1n) is 9.60. The van der Waals surface area contributed by atoms with Gasteiger partial charge in [0.25, 0.3) is 5.91 Å². The molecule has 0 fully saturated rings. The quantitative estimate of drug-likeness (QED) is 0.391. The third-order valence-corrected chi connectivity index (χ3v) is 4.66. The summed E-state index contributed by atoms with van der Waals surface area (Å²) in [6.45, 7) is 4.77. The average Bonchev–Trinajstić information content (AvgIpc) is 2.75. The molecule has 6 heteroatoms. The van der Waals surface area contributed by atoms with Gasteiger partial charge in [0, 0.05) is 5.56 Å². The molecule has 3 rings (SSSR count). The van der Waals surface area contributed by atoms with Crippen LogP contribution in [0, 0.1) is 6.92 Å². The summed E-state index contributed by atoms with van der Waals surface area (Å²) in [5, 5.41) is 4.42. The minimum absolute atomic E-state index is 0.291. The van der Waals surface area contributed by atoms with Crippen LogP contribution in [0.3, 0.4) is 0 Å². The molecule has 0 unspecified atom stereocenters. The van der Waals surface area contributed by atoms with E-state index in [1.807, 2.05) is 44.2 Å². The number of benzene rings is 3. The molecular weight excluding hydrogens is 400 g/mol. The van der Waals surface area contributed by atoms with Gasteiger partial charge in [-0.05, 0) is 54.8 Å². The minimum atomic E-state index is -0.291. The van der Waals surface area contributed by atoms with Crippen LogP contribution >= 0.6 is 11.6 Å². The summed E-state index contributed by atoms with van der Waals surface area (Å²) in [6, 6.07) is 20.4. The molecule has 1 amide bonds. The zero-order valence-electron chi connectivity index (χ0n) is 16.9. The predicted molar refractivity (Wildman–Crippen MR) is 120 cm³/mol. The number of ether oxygens (including phenoxy) is 2. The molecule has 0 atom stereocenters. The fourth-order valence-corrected chi connectivity index (χ4v) is 3.08. The van der Waals surface area contributed by atoms with Gasteiger partial charge >= 0.3 is 0 Å². The molecule has 154 valence electrons. The van der Waals surface area contributed by atoms with E-state index in [1.54, 1.807) is 36.4 Å². The van der Waals surface area contributed by atoms with E-state index in [9.17, 15) is 4.79 Å². The largest absolute Gasteiger partial charge is 0.490 e. The SMILES string of the molecule is CCOc1cc(/C=N\NC(=O)c2ccccc2)cc(Cl)c1OCc1ccccc1C. The second-order valence-electron chi connectivity index (χ2n) is 6.54. The van der Waals surface area contributed by atoms with Gasteiger partial charge in [-0.15, -0.1) is 0 Å². The number of carbonyl (C=O) groups is 1. The van der Waals surface area contributed by atoms with Gasteiger partial charge in [-0.3, -0.25) is 4.79 Å². The lowest BCUT2D eigenvalue weighted by Gasteiger charge is -2.15. The van der Waals surface area contributed by atoms with Crippen molar-refractivity contribution in [2.45, 2.75) is 20.5 Å². The number of aryl methyl sites for hydroxylation is 1. The highest BCUT2D eigenvalue weighted by Gasteiger charge is 2.13. The maximum Gasteiger partial charge on any atom is 0.271 e. The van der Waals surface area contributed by atoms with Crippen molar-refractivity contribution in [2.75, 3.05) is 6.61 Å². The monoisotopic (exact) mass is 422 g/mol. The molecule has 0 heterocycles. The van der Waals surface area contributed by atoms with Crippen molar-refractivity contribution >= 4 is 23.7 Å². The Balaban J connectivity index is 1.73. The molecule has 0 aliphatic heterocycles. The molecule has 0 aromatic heterocycles. The second kappa shape index (κ2) is 10.5. The molecule has 0 spiro atoms. The molecule has 30 heavy (non-hydrogen) atoms. The maximum atomic E-state index is 12.1. The first-order valence-corrected chi connectivity index (χ1v) is 9.98. The molecule has 0 aliphatic carbocycles. The standard InChI is InChI=1S/C24H23ClN2O3/c1-3-29-22-14-18(15-26-27-24(28)19-10-5-4-6-11-19)13-21(25)23(22)30-16-20-12-8-7-9-17(20)2/h4-15H,3,16H2,1-2H3,(H,27,28)/b26-15-. The van der Waals surface area contributed by atoms with Crippen LogP contribution in [-0.2, 0) is 6.61 Å². The molecule has 0 bridgehead atoms. The lowest BCUT2D eigenvalue weighted by molar-refractivity contribution is 0.0955. The van der Waals surface area contributed by atoms with E-state index in [1.165, 1.54) is 6.21 Å². The van der Waals surface area contributed by atoms with Crippen LogP contribution in [0.5, 0.6) is 11.5 Å². The topological polar surface area (TPSA) is 59.9 Å². The van der Waals surface area contributed by atoms with Gasteiger partial charge in [-0.2, -0.15) is 5.10 Å². The van der Waals surface area contributed by atoms with E-state index in [4.69, 9.17) is 21.1 Å². The zero-order chi connectivity index (χ0) is 21.3. The maximum absolute atomic E-state index is 12.1. The number of halogens is 1. The highest BCUT2D eigenvalue weighted by molar-refractivity contribution is 6.32. The molecular formula is C24H23ClN2O3. The van der Waals surface area contributed by atoms with Crippen LogP contribution in [0.15, 0.2) is 71.8 Å². The van der Waals surface area contributed by atoms with Crippen LogP contribution in [0.2, 0.25) is 5.02 Å². The van der Waals surface area contributed by atoms with E-state index in [-0.39, 0.29) is 5.91 Å². The summed E-state index contributed by atoms with van der Waals surface area (Å²) in [4.78, 5) is 12.1. The van der Waals surface area contributed by atoms with E-state index in [0.717, 1.165) is 11.1 Å². The number of rotatable bonds is 8. The van der Waals surface area contributed by atoms with Crippen LogP contribution in [-0.4, -0.2) is 18.7 Å². The number of hydrazone groups is 1. The number of nitrogens with zero attached hydrogens (tertiary/aromatic N) is 1. The predicted octanol–water partition coefficient (Wildman–Crippen LogP) is 5.39. The Bertz CT molecular complexity index is 1040. The summed E-state index contributed by atoms with van der Waals surface area (Å²) >= 11 is 6.46. The summed E-state index contributed by atoms with van der Waals surface area (Å²) < 4.78 is 11.7. The number of hydrogen-bond acceptors (Lipinski definition) is 4. The Hall–Kier alpha value is -3.31. The lowest BCUT2D eigenvalue weighted by atomic mass is 10.1. The Morgan fingerprint density at radius 1 is 1.07 bits per heavy atom. The van der Waals surface area contributed by atoms with Crippen LogP contribution in [0.25, 0.3) is 0 Å². The van der Waals surface area contributed by atoms with Crippen molar-refractivity contribution in [3.63, 3.8) is 0 Å². The molecule has 0 saturated carbocycles. The third-order valence-electron chi connectivity index (χ3n) is 4.38. The fourth-order valence-electron chi connectivity index (χ4n) is 2.81. The van der Waals surface area contributed by atoms with Gasteiger partial charge < -0.3 is 9.47 Å². The third kappa shape index (κ3) is 5.61. The van der Waals surface area contributed by atoms with E-state index >= 15 is 0 Å². The molecule has 0 radical (unpaired) electrons. The Kier molecular flexibility index (Phi) is 7.46. The van der Waals surface area contributed by atoms with Crippen LogP contribution in [0.1, 0.15) is 34.0 Å². The van der Waals surface area contributed by atoms with Crippen molar-refractivity contribution in [3.8, 4) is 11.5 Å². The molecule has 0 aliphatic rings. The van der Waals surface area contributed by atoms with E-state index in [0.29, 0.717) is 40.9 Å². The molecule has 3 aromatic carbocycles. The first kappa shape index (κ1) is 21.4. The highest BCUT2D eigenvalue weighted by Crippen LogP contribution is 2.37. The Labute approximate surface area is 181 Å². The first-order chi connectivity index (χ1) is 14.6. The molecule has 3 aromatic rings. The Morgan fingerprint density at radius 2 is 1.80 bits per heavy atom. The van der Waals surface area contributed by atoms with Crippen molar-refractivity contribution < 1.29 is 14.3 Å². The summed E-state index contributed by atoms with van der Waals surface area (Å²) in [6.07, 6.45) is 1.51. The number of nitrogens with one attached hydrogen (secondary N) is 1.